The second-order valence-corrected chi connectivity index (χ2v) is 11.6. The summed E-state index contributed by atoms with van der Waals surface area (Å²) < 4.78 is 28.7. The van der Waals surface area contributed by atoms with Gasteiger partial charge < -0.3 is 5.32 Å². The number of benzene rings is 2. The highest BCUT2D eigenvalue weighted by Crippen LogP contribution is 2.32. The summed E-state index contributed by atoms with van der Waals surface area (Å²) in [6.45, 7) is 7.44. The van der Waals surface area contributed by atoms with Gasteiger partial charge in [-0.1, -0.05) is 35.3 Å². The van der Waals surface area contributed by atoms with Gasteiger partial charge in [-0.15, -0.1) is 11.3 Å². The summed E-state index contributed by atoms with van der Waals surface area (Å²) in [7, 11) is -3.57. The Balaban J connectivity index is 1.36. The minimum Gasteiger partial charge on any atom is -0.380 e. The monoisotopic (exact) mass is 497 g/mol. The van der Waals surface area contributed by atoms with Crippen LogP contribution in [-0.4, -0.2) is 56.4 Å². The zero-order valence-corrected chi connectivity index (χ0v) is 20.6. The zero-order chi connectivity index (χ0) is 22.2. The minimum absolute atomic E-state index is 0.185. The van der Waals surface area contributed by atoms with Gasteiger partial charge in [0.25, 0.3) is 0 Å². The fourth-order valence-corrected chi connectivity index (χ4v) is 6.78. The number of anilines is 1. The lowest BCUT2D eigenvalue weighted by Gasteiger charge is -2.35. The summed E-state index contributed by atoms with van der Waals surface area (Å²) in [5, 5.41) is 7.71. The number of aryl methyl sites for hydroxylation is 1. The Morgan fingerprint density at radius 1 is 1.10 bits per heavy atom. The second kappa shape index (κ2) is 9.25. The summed E-state index contributed by atoms with van der Waals surface area (Å²) >= 11 is 13.7. The summed E-state index contributed by atoms with van der Waals surface area (Å²) in [6.07, 6.45) is 0. The van der Waals surface area contributed by atoms with Gasteiger partial charge in [0, 0.05) is 38.8 Å². The summed E-state index contributed by atoms with van der Waals surface area (Å²) in [4.78, 5) is 2.49. The number of sulfonamides is 1. The Morgan fingerprint density at radius 3 is 2.55 bits per heavy atom. The van der Waals surface area contributed by atoms with E-state index in [-0.39, 0.29) is 16.0 Å². The van der Waals surface area contributed by atoms with Crippen molar-refractivity contribution >= 4 is 60.3 Å². The molecule has 0 radical (unpaired) electrons. The van der Waals surface area contributed by atoms with Crippen molar-refractivity contribution in [1.82, 2.24) is 9.21 Å². The maximum atomic E-state index is 12.9. The molecule has 4 rings (SSSR count). The second-order valence-electron chi connectivity index (χ2n) is 7.93. The highest BCUT2D eigenvalue weighted by molar-refractivity contribution is 7.89. The molecule has 0 aliphatic carbocycles. The fourth-order valence-electron chi connectivity index (χ4n) is 3.94. The normalized spacial score (nSPS) is 17.2. The van der Waals surface area contributed by atoms with E-state index in [0.717, 1.165) is 12.2 Å². The molecule has 166 valence electrons. The zero-order valence-electron chi connectivity index (χ0n) is 17.4. The third-order valence-corrected chi connectivity index (χ3v) is 9.37. The largest absolute Gasteiger partial charge is 0.380 e. The number of rotatable bonds is 6. The molecule has 3 aromatic rings. The van der Waals surface area contributed by atoms with Crippen molar-refractivity contribution in [3.63, 3.8) is 0 Å². The maximum absolute atomic E-state index is 12.9. The Hall–Kier alpha value is -1.35. The van der Waals surface area contributed by atoms with Crippen LogP contribution in [0.25, 0.3) is 10.1 Å². The number of fused-ring (bicyclic) bond motifs is 1. The van der Waals surface area contributed by atoms with Crippen LogP contribution in [0.1, 0.15) is 12.5 Å². The van der Waals surface area contributed by atoms with Crippen molar-refractivity contribution in [3.8, 4) is 0 Å². The number of nitrogens with one attached hydrogen (secondary N) is 1. The molecule has 1 aromatic heterocycles. The number of thiophene rings is 1. The Kier molecular flexibility index (Phi) is 6.82. The lowest BCUT2D eigenvalue weighted by atomic mass is 10.1. The molecule has 1 unspecified atom stereocenters. The van der Waals surface area contributed by atoms with Crippen molar-refractivity contribution in [1.29, 1.82) is 0 Å². The van der Waals surface area contributed by atoms with E-state index < -0.39 is 10.0 Å². The van der Waals surface area contributed by atoms with Crippen LogP contribution in [0, 0.1) is 6.92 Å². The first-order valence-electron chi connectivity index (χ1n) is 10.2. The Morgan fingerprint density at radius 2 is 1.84 bits per heavy atom. The average Bonchev–Trinajstić information content (AvgIpc) is 3.12. The first kappa shape index (κ1) is 22.8. The standard InChI is InChI=1S/C22H25Cl2N3O2S2/c1-15-14-30-22-18(15)4-3-5-21(22)25-16(2)13-26-8-10-27(11-9-26)31(28,29)17-6-7-19(23)20(24)12-17/h3-7,12,14,16,25H,8-11,13H2,1-2H3. The van der Waals surface area contributed by atoms with E-state index in [0.29, 0.717) is 31.2 Å². The van der Waals surface area contributed by atoms with Gasteiger partial charge in [-0.2, -0.15) is 4.31 Å². The van der Waals surface area contributed by atoms with E-state index in [2.05, 4.69) is 47.6 Å². The highest BCUT2D eigenvalue weighted by Gasteiger charge is 2.29. The van der Waals surface area contributed by atoms with E-state index in [9.17, 15) is 8.42 Å². The molecule has 31 heavy (non-hydrogen) atoms. The van der Waals surface area contributed by atoms with Crippen molar-refractivity contribution in [2.45, 2.75) is 24.8 Å². The van der Waals surface area contributed by atoms with Crippen LogP contribution in [0.15, 0.2) is 46.7 Å². The molecule has 1 saturated heterocycles. The van der Waals surface area contributed by atoms with E-state index in [1.165, 1.54) is 38.2 Å². The van der Waals surface area contributed by atoms with Gasteiger partial charge in [0.1, 0.15) is 0 Å². The van der Waals surface area contributed by atoms with E-state index >= 15 is 0 Å². The van der Waals surface area contributed by atoms with Crippen LogP contribution in [0.2, 0.25) is 10.0 Å². The number of halogens is 2. The van der Waals surface area contributed by atoms with Gasteiger partial charge in [0.15, 0.2) is 0 Å². The van der Waals surface area contributed by atoms with Crippen LogP contribution in [-0.2, 0) is 10.0 Å². The van der Waals surface area contributed by atoms with Crippen LogP contribution < -0.4 is 5.32 Å². The molecule has 1 fully saturated rings. The lowest BCUT2D eigenvalue weighted by molar-refractivity contribution is 0.184. The smallest absolute Gasteiger partial charge is 0.243 e. The molecular formula is C22H25Cl2N3O2S2. The molecule has 2 aromatic carbocycles. The molecule has 0 amide bonds. The number of hydrogen-bond donors (Lipinski definition) is 1. The van der Waals surface area contributed by atoms with Gasteiger partial charge in [-0.3, -0.25) is 4.90 Å². The first-order chi connectivity index (χ1) is 14.8. The molecule has 9 heteroatoms. The van der Waals surface area contributed by atoms with Crippen molar-refractivity contribution in [3.05, 3.63) is 57.4 Å². The third kappa shape index (κ3) is 4.87. The van der Waals surface area contributed by atoms with Crippen LogP contribution >= 0.6 is 34.5 Å². The molecule has 5 nitrogen and oxygen atoms in total. The minimum atomic E-state index is -3.57. The predicted octanol–water partition coefficient (Wildman–Crippen LogP) is 5.32. The van der Waals surface area contributed by atoms with Gasteiger partial charge in [0.05, 0.1) is 25.3 Å². The predicted molar refractivity (Wildman–Crippen MR) is 131 cm³/mol. The SMILES string of the molecule is Cc1csc2c(NC(C)CN3CCN(S(=O)(=O)c4ccc(Cl)c(Cl)c4)CC3)cccc12. The maximum Gasteiger partial charge on any atom is 0.243 e. The summed E-state index contributed by atoms with van der Waals surface area (Å²) in [5.41, 5.74) is 2.46. The average molecular weight is 499 g/mol. The highest BCUT2D eigenvalue weighted by atomic mass is 35.5. The Bertz CT molecular complexity index is 1190. The van der Waals surface area contributed by atoms with E-state index in [4.69, 9.17) is 23.2 Å². The lowest BCUT2D eigenvalue weighted by Crippen LogP contribution is -2.50. The molecule has 1 atom stereocenters. The number of hydrogen-bond acceptors (Lipinski definition) is 5. The van der Waals surface area contributed by atoms with Gasteiger partial charge in [0.2, 0.25) is 10.0 Å². The Labute approximate surface area is 197 Å². The van der Waals surface area contributed by atoms with Crippen molar-refractivity contribution in [2.75, 3.05) is 38.0 Å². The molecular weight excluding hydrogens is 473 g/mol. The molecule has 0 bridgehead atoms. The summed E-state index contributed by atoms with van der Waals surface area (Å²) in [5.74, 6) is 0. The van der Waals surface area contributed by atoms with Crippen molar-refractivity contribution < 1.29 is 8.42 Å². The summed E-state index contributed by atoms with van der Waals surface area (Å²) in [6, 6.07) is 11.1. The number of piperazine rings is 1. The van der Waals surface area contributed by atoms with E-state index in [1.54, 1.807) is 11.3 Å². The van der Waals surface area contributed by atoms with Gasteiger partial charge >= 0.3 is 0 Å². The quantitative estimate of drug-likeness (QED) is 0.500. The molecule has 1 aliphatic heterocycles. The van der Waals surface area contributed by atoms with Crippen LogP contribution in [0.4, 0.5) is 5.69 Å². The van der Waals surface area contributed by atoms with Gasteiger partial charge in [-0.05, 0) is 54.4 Å². The molecule has 2 heterocycles. The number of nitrogens with zero attached hydrogens (tertiary/aromatic N) is 2. The van der Waals surface area contributed by atoms with Crippen LogP contribution in [0.5, 0.6) is 0 Å². The molecule has 0 spiro atoms. The topological polar surface area (TPSA) is 52.6 Å². The van der Waals surface area contributed by atoms with Gasteiger partial charge in [-0.25, -0.2) is 8.42 Å². The van der Waals surface area contributed by atoms with Crippen LogP contribution in [0.3, 0.4) is 0 Å². The third-order valence-electron chi connectivity index (χ3n) is 5.59. The molecule has 0 saturated carbocycles. The van der Waals surface area contributed by atoms with Crippen molar-refractivity contribution in [2.24, 2.45) is 0 Å². The fraction of sp³-hybridized carbons (Fsp3) is 0.364. The molecule has 1 N–H and O–H groups in total. The first-order valence-corrected chi connectivity index (χ1v) is 13.2. The molecule has 1 aliphatic rings. The van der Waals surface area contributed by atoms with E-state index in [1.807, 2.05) is 0 Å².